The van der Waals surface area contributed by atoms with Gasteiger partial charge in [-0.25, -0.2) is 27.2 Å². The van der Waals surface area contributed by atoms with Crippen molar-refractivity contribution in [2.24, 2.45) is 0 Å². The summed E-state index contributed by atoms with van der Waals surface area (Å²) in [6.07, 6.45) is -23.6. The minimum atomic E-state index is -6.18. The Kier molecular flexibility index (Phi) is 6.98. The van der Waals surface area contributed by atoms with E-state index in [2.05, 4.69) is 9.47 Å². The highest BCUT2D eigenvalue weighted by Crippen LogP contribution is 2.41. The van der Waals surface area contributed by atoms with Crippen LogP contribution in [0.5, 0.6) is 0 Å². The van der Waals surface area contributed by atoms with Crippen LogP contribution in [0.1, 0.15) is 0 Å². The Morgan fingerprint density at radius 2 is 0.846 bits per heavy atom. The van der Waals surface area contributed by atoms with E-state index in [-0.39, 0.29) is 0 Å². The Labute approximate surface area is 134 Å². The molecule has 0 heterocycles. The SMILES string of the molecule is O=C(/C=C/C(=O)OC(F)(F)C(F)(F)C(F)F)OC(F)(F)C(F)(F)C(F)F. The lowest BCUT2D eigenvalue weighted by Gasteiger charge is -2.24. The van der Waals surface area contributed by atoms with Gasteiger partial charge in [0.1, 0.15) is 0 Å². The van der Waals surface area contributed by atoms with E-state index in [0.29, 0.717) is 0 Å². The number of ether oxygens (including phenoxy) is 2. The quantitative estimate of drug-likeness (QED) is 0.345. The lowest BCUT2D eigenvalue weighted by molar-refractivity contribution is -0.358. The van der Waals surface area contributed by atoms with E-state index < -0.39 is 61.0 Å². The van der Waals surface area contributed by atoms with Gasteiger partial charge < -0.3 is 9.47 Å². The molecule has 0 aliphatic heterocycles. The Morgan fingerprint density at radius 3 is 1.04 bits per heavy atom. The van der Waals surface area contributed by atoms with Crippen molar-refractivity contribution in [2.75, 3.05) is 0 Å². The average Bonchev–Trinajstić information content (AvgIpc) is 2.43. The molecule has 0 rings (SSSR count). The first-order chi connectivity index (χ1) is 11.4. The summed E-state index contributed by atoms with van der Waals surface area (Å²) < 4.78 is 152. The van der Waals surface area contributed by atoms with E-state index in [1.54, 1.807) is 0 Å². The normalized spacial score (nSPS) is 14.2. The van der Waals surface area contributed by atoms with Crippen LogP contribution in [0, 0.1) is 0 Å². The molecule has 0 spiro atoms. The molecule has 0 atom stereocenters. The van der Waals surface area contributed by atoms with Gasteiger partial charge in [-0.05, 0) is 0 Å². The summed E-state index contributed by atoms with van der Waals surface area (Å²) in [5.41, 5.74) is 0. The van der Waals surface area contributed by atoms with Crippen molar-refractivity contribution in [1.29, 1.82) is 0 Å². The summed E-state index contributed by atoms with van der Waals surface area (Å²) in [5.74, 6) is -17.7. The van der Waals surface area contributed by atoms with Gasteiger partial charge in [0.25, 0.3) is 0 Å². The van der Waals surface area contributed by atoms with Gasteiger partial charge in [0.15, 0.2) is 0 Å². The third-order valence-electron chi connectivity index (χ3n) is 2.14. The maximum Gasteiger partial charge on any atom is 0.472 e. The molecule has 0 N–H and O–H groups in total. The first-order valence-corrected chi connectivity index (χ1v) is 5.60. The van der Waals surface area contributed by atoms with Gasteiger partial charge in [0, 0.05) is 12.2 Å². The Morgan fingerprint density at radius 1 is 0.615 bits per heavy atom. The third-order valence-corrected chi connectivity index (χ3v) is 2.14. The van der Waals surface area contributed by atoms with Gasteiger partial charge in [-0.1, -0.05) is 0 Å². The lowest BCUT2D eigenvalue weighted by atomic mass is 10.3. The van der Waals surface area contributed by atoms with E-state index in [0.717, 1.165) is 0 Å². The van der Waals surface area contributed by atoms with Crippen molar-refractivity contribution < 1.29 is 71.7 Å². The summed E-state index contributed by atoms with van der Waals surface area (Å²) in [6.45, 7) is 0. The number of hydrogen-bond acceptors (Lipinski definition) is 4. The summed E-state index contributed by atoms with van der Waals surface area (Å²) in [4.78, 5) is 21.3. The first kappa shape index (κ1) is 23.8. The molecule has 0 fully saturated rings. The number of carbonyl (C=O) groups excluding carboxylic acids is 2. The third kappa shape index (κ3) is 5.17. The van der Waals surface area contributed by atoms with Gasteiger partial charge in [-0.3, -0.25) is 0 Å². The van der Waals surface area contributed by atoms with Crippen molar-refractivity contribution >= 4 is 11.9 Å². The average molecular weight is 416 g/mol. The van der Waals surface area contributed by atoms with Crippen LogP contribution in [0.4, 0.5) is 52.7 Å². The van der Waals surface area contributed by atoms with E-state index in [1.807, 2.05) is 0 Å². The van der Waals surface area contributed by atoms with Gasteiger partial charge in [-0.15, -0.1) is 0 Å². The molecule has 0 aromatic heterocycles. The monoisotopic (exact) mass is 416 g/mol. The molecule has 0 unspecified atom stereocenters. The molecule has 4 nitrogen and oxygen atoms in total. The molecule has 26 heavy (non-hydrogen) atoms. The molecule has 152 valence electrons. The summed E-state index contributed by atoms with van der Waals surface area (Å²) in [7, 11) is 0. The number of esters is 2. The molecule has 0 bridgehead atoms. The Balaban J connectivity index is 5.03. The molecule has 0 aliphatic rings. The smallest absolute Gasteiger partial charge is 0.393 e. The van der Waals surface area contributed by atoms with Crippen LogP contribution < -0.4 is 0 Å². The highest BCUT2D eigenvalue weighted by atomic mass is 19.4. The highest BCUT2D eigenvalue weighted by Gasteiger charge is 2.67. The van der Waals surface area contributed by atoms with Crippen LogP contribution in [0.25, 0.3) is 0 Å². The molecule has 0 radical (unpaired) electrons. The summed E-state index contributed by atoms with van der Waals surface area (Å²) >= 11 is 0. The highest BCUT2D eigenvalue weighted by molar-refractivity contribution is 5.91. The van der Waals surface area contributed by atoms with Crippen molar-refractivity contribution in [3.05, 3.63) is 12.2 Å². The van der Waals surface area contributed by atoms with E-state index in [4.69, 9.17) is 0 Å². The van der Waals surface area contributed by atoms with Crippen LogP contribution >= 0.6 is 0 Å². The van der Waals surface area contributed by atoms with Gasteiger partial charge in [0.05, 0.1) is 0 Å². The summed E-state index contributed by atoms with van der Waals surface area (Å²) in [6, 6.07) is 0. The maximum atomic E-state index is 12.6. The molecular weight excluding hydrogens is 412 g/mol. The summed E-state index contributed by atoms with van der Waals surface area (Å²) in [5, 5.41) is 0. The fraction of sp³-hybridized carbons (Fsp3) is 0.600. The first-order valence-electron chi connectivity index (χ1n) is 5.60. The molecule has 0 aromatic carbocycles. The van der Waals surface area contributed by atoms with Gasteiger partial charge >= 0.3 is 48.9 Å². The largest absolute Gasteiger partial charge is 0.472 e. The molecule has 0 aliphatic carbocycles. The van der Waals surface area contributed by atoms with Crippen LogP contribution in [0.3, 0.4) is 0 Å². The Bertz CT molecular complexity index is 508. The number of alkyl halides is 12. The number of rotatable bonds is 8. The molecule has 0 aromatic rings. The predicted molar refractivity (Wildman–Crippen MR) is 53.1 cm³/mol. The molecule has 16 heteroatoms. The molecular formula is C10H4F12O4. The second-order valence-corrected chi connectivity index (χ2v) is 4.06. The van der Waals surface area contributed by atoms with Crippen molar-refractivity contribution in [3.8, 4) is 0 Å². The van der Waals surface area contributed by atoms with Crippen LogP contribution in [0.15, 0.2) is 12.2 Å². The zero-order valence-corrected chi connectivity index (χ0v) is 11.5. The van der Waals surface area contributed by atoms with E-state index in [1.165, 1.54) is 0 Å². The zero-order valence-electron chi connectivity index (χ0n) is 11.5. The van der Waals surface area contributed by atoms with Crippen LogP contribution in [-0.2, 0) is 19.1 Å². The second-order valence-electron chi connectivity index (χ2n) is 4.06. The topological polar surface area (TPSA) is 52.6 Å². The molecule has 0 saturated carbocycles. The minimum Gasteiger partial charge on any atom is -0.393 e. The minimum absolute atomic E-state index is 0.672. The molecule has 0 saturated heterocycles. The Hall–Kier alpha value is -2.16. The number of hydrogen-bond donors (Lipinski definition) is 0. The van der Waals surface area contributed by atoms with Crippen molar-refractivity contribution in [1.82, 2.24) is 0 Å². The lowest BCUT2D eigenvalue weighted by Crippen LogP contribution is -2.49. The zero-order chi connectivity index (χ0) is 21.1. The van der Waals surface area contributed by atoms with Gasteiger partial charge in [-0.2, -0.15) is 35.1 Å². The fourth-order valence-electron chi connectivity index (χ4n) is 0.847. The second kappa shape index (κ2) is 7.61. The van der Waals surface area contributed by atoms with Crippen LogP contribution in [0.2, 0.25) is 0 Å². The predicted octanol–water partition coefficient (Wildman–Crippen LogP) is 3.62. The van der Waals surface area contributed by atoms with E-state index >= 15 is 0 Å². The number of carbonyl (C=O) groups is 2. The standard InChI is InChI=1S/C10H4F12O4/c11-5(12)7(15,16)9(19,20)25-3(23)1-2-4(24)26-10(21,22)8(17,18)6(13)14/h1-2,5-6H/b2-1+. The van der Waals surface area contributed by atoms with Crippen molar-refractivity contribution in [3.63, 3.8) is 0 Å². The van der Waals surface area contributed by atoms with Crippen LogP contribution in [-0.4, -0.2) is 48.9 Å². The maximum absolute atomic E-state index is 12.6. The fourth-order valence-corrected chi connectivity index (χ4v) is 0.847. The van der Waals surface area contributed by atoms with E-state index in [9.17, 15) is 62.3 Å². The van der Waals surface area contributed by atoms with Gasteiger partial charge in [0.2, 0.25) is 0 Å². The molecule has 0 amide bonds. The number of halogens is 12. The van der Waals surface area contributed by atoms with Crippen molar-refractivity contribution in [2.45, 2.75) is 36.9 Å².